The number of thioether (sulfide) groups is 1. The summed E-state index contributed by atoms with van der Waals surface area (Å²) in [5.74, 6) is 1.09. The van der Waals surface area contributed by atoms with Crippen LogP contribution in [-0.2, 0) is 5.72 Å². The van der Waals surface area contributed by atoms with Crippen molar-refractivity contribution in [3.63, 3.8) is 0 Å². The van der Waals surface area contributed by atoms with Crippen LogP contribution in [0.5, 0.6) is 5.75 Å². The van der Waals surface area contributed by atoms with Crippen LogP contribution < -0.4 is 9.64 Å². The van der Waals surface area contributed by atoms with Crippen LogP contribution in [0, 0.1) is 6.92 Å². The molecule has 0 amide bonds. The summed E-state index contributed by atoms with van der Waals surface area (Å²) >= 11 is 1.74. The standard InChI is InChI=1S/C20H21F2N2O2S/c1-14-5-2-3-6-17(14)23-13-20(25,24-11-4-12-27-19(23)24)15-7-9-16(10-8-15)26-18(21)22/h2-3,5-10,18,25H,4,11-13H2,1H3/q+1/t20-/m0/s1. The lowest BCUT2D eigenvalue weighted by Crippen LogP contribution is -2.41. The molecule has 2 aliphatic heterocycles. The number of benzene rings is 2. The quantitative estimate of drug-likeness (QED) is 0.805. The monoisotopic (exact) mass is 391 g/mol. The summed E-state index contributed by atoms with van der Waals surface area (Å²) in [4.78, 5) is 2.16. The number of hydrogen-bond donors (Lipinski definition) is 1. The molecule has 4 rings (SSSR count). The third kappa shape index (κ3) is 3.30. The van der Waals surface area contributed by atoms with Gasteiger partial charge in [-0.3, -0.25) is 0 Å². The molecule has 2 aliphatic rings. The second-order valence-electron chi connectivity index (χ2n) is 6.73. The number of β-amino-alcohol motifs (C(OH)–C–C–N with tert-alkyl or cyclic N) is 1. The Labute approximate surface area is 161 Å². The van der Waals surface area contributed by atoms with E-state index >= 15 is 0 Å². The van der Waals surface area contributed by atoms with Gasteiger partial charge in [-0.2, -0.15) is 8.78 Å². The van der Waals surface area contributed by atoms with Crippen LogP contribution in [0.15, 0.2) is 48.5 Å². The molecule has 1 N–H and O–H groups in total. The molecule has 0 fully saturated rings. The van der Waals surface area contributed by atoms with Crippen LogP contribution in [0.25, 0.3) is 0 Å². The fraction of sp³-hybridized carbons (Fsp3) is 0.350. The molecule has 27 heavy (non-hydrogen) atoms. The predicted molar refractivity (Wildman–Crippen MR) is 103 cm³/mol. The highest BCUT2D eigenvalue weighted by atomic mass is 32.2. The third-order valence-corrected chi connectivity index (χ3v) is 6.18. The molecule has 4 nitrogen and oxygen atoms in total. The van der Waals surface area contributed by atoms with E-state index in [1.54, 1.807) is 23.9 Å². The molecule has 0 radical (unpaired) electrons. The summed E-state index contributed by atoms with van der Waals surface area (Å²) in [7, 11) is 0. The number of nitrogens with zero attached hydrogens (tertiary/aromatic N) is 2. The summed E-state index contributed by atoms with van der Waals surface area (Å²) in [6.45, 7) is 0.327. The van der Waals surface area contributed by atoms with Crippen molar-refractivity contribution >= 4 is 22.6 Å². The molecule has 0 aliphatic carbocycles. The second-order valence-corrected chi connectivity index (χ2v) is 7.79. The van der Waals surface area contributed by atoms with E-state index in [1.165, 1.54) is 12.1 Å². The highest BCUT2D eigenvalue weighted by molar-refractivity contribution is 8.13. The Bertz CT molecular complexity index is 873. The van der Waals surface area contributed by atoms with Crippen molar-refractivity contribution in [1.29, 1.82) is 0 Å². The summed E-state index contributed by atoms with van der Waals surface area (Å²) in [6, 6.07) is 14.4. The van der Waals surface area contributed by atoms with E-state index in [4.69, 9.17) is 0 Å². The lowest BCUT2D eigenvalue weighted by atomic mass is 10.0. The average Bonchev–Trinajstić information content (AvgIpc) is 2.97. The number of rotatable bonds is 4. The van der Waals surface area contributed by atoms with E-state index in [9.17, 15) is 13.9 Å². The van der Waals surface area contributed by atoms with E-state index in [2.05, 4.69) is 28.7 Å². The first-order valence-corrected chi connectivity index (χ1v) is 9.86. The third-order valence-electron chi connectivity index (χ3n) is 4.99. The van der Waals surface area contributed by atoms with Crippen molar-refractivity contribution in [2.75, 3.05) is 23.7 Å². The minimum Gasteiger partial charge on any atom is -0.435 e. The van der Waals surface area contributed by atoms with Crippen molar-refractivity contribution < 1.29 is 23.2 Å². The molecule has 0 unspecified atom stereocenters. The Hall–Kier alpha value is -2.12. The van der Waals surface area contributed by atoms with Gasteiger partial charge in [0.1, 0.15) is 11.4 Å². The molecule has 0 spiro atoms. The van der Waals surface area contributed by atoms with Crippen molar-refractivity contribution in [1.82, 2.24) is 0 Å². The SMILES string of the molecule is Cc1ccccc1N1C[C@](O)(c2ccc(OC(F)F)cc2)[N+]2=C1SCCC2. The molecule has 0 aromatic heterocycles. The van der Waals surface area contributed by atoms with E-state index in [0.717, 1.165) is 35.1 Å². The van der Waals surface area contributed by atoms with E-state index in [1.807, 2.05) is 16.7 Å². The fourth-order valence-electron chi connectivity index (χ4n) is 3.70. The summed E-state index contributed by atoms with van der Waals surface area (Å²) in [5, 5.41) is 12.6. The molecule has 0 bridgehead atoms. The van der Waals surface area contributed by atoms with Crippen LogP contribution in [0.1, 0.15) is 17.5 Å². The summed E-state index contributed by atoms with van der Waals surface area (Å²) in [5.41, 5.74) is 1.66. The van der Waals surface area contributed by atoms with Gasteiger partial charge in [0.25, 0.3) is 5.72 Å². The molecule has 2 aromatic rings. The molecule has 0 saturated carbocycles. The Kier molecular flexibility index (Phi) is 4.82. The molecule has 7 heteroatoms. The molecule has 142 valence electrons. The first-order valence-electron chi connectivity index (χ1n) is 8.87. The van der Waals surface area contributed by atoms with Crippen molar-refractivity contribution in [2.24, 2.45) is 0 Å². The second kappa shape index (κ2) is 7.13. The Balaban J connectivity index is 1.72. The number of aliphatic hydroxyl groups is 1. The van der Waals surface area contributed by atoms with E-state index in [0.29, 0.717) is 12.1 Å². The number of anilines is 1. The topological polar surface area (TPSA) is 35.7 Å². The zero-order valence-electron chi connectivity index (χ0n) is 14.9. The first kappa shape index (κ1) is 18.3. The predicted octanol–water partition coefficient (Wildman–Crippen LogP) is 3.77. The highest BCUT2D eigenvalue weighted by Crippen LogP contribution is 2.38. The Morgan fingerprint density at radius 3 is 2.63 bits per heavy atom. The van der Waals surface area contributed by atoms with Gasteiger partial charge >= 0.3 is 11.8 Å². The zero-order valence-corrected chi connectivity index (χ0v) is 15.8. The maximum absolute atomic E-state index is 12.4. The van der Waals surface area contributed by atoms with Gasteiger partial charge < -0.3 is 9.84 Å². The number of halogens is 2. The normalized spacial score (nSPS) is 22.3. The largest absolute Gasteiger partial charge is 0.435 e. The minimum absolute atomic E-state index is 0.0864. The van der Waals surface area contributed by atoms with Gasteiger partial charge in [-0.15, -0.1) is 0 Å². The molecule has 0 saturated heterocycles. The van der Waals surface area contributed by atoms with Gasteiger partial charge in [-0.25, -0.2) is 9.48 Å². The van der Waals surface area contributed by atoms with Gasteiger partial charge in [-0.1, -0.05) is 18.2 Å². The number of amidine groups is 1. The summed E-state index contributed by atoms with van der Waals surface area (Å²) in [6.07, 6.45) is 0.977. The Morgan fingerprint density at radius 1 is 1.19 bits per heavy atom. The summed E-state index contributed by atoms with van der Waals surface area (Å²) < 4.78 is 31.3. The van der Waals surface area contributed by atoms with E-state index in [-0.39, 0.29) is 5.75 Å². The molecule has 2 heterocycles. The smallest absolute Gasteiger partial charge is 0.387 e. The maximum atomic E-state index is 12.4. The maximum Gasteiger partial charge on any atom is 0.387 e. The molecular weight excluding hydrogens is 370 g/mol. The van der Waals surface area contributed by atoms with E-state index < -0.39 is 12.3 Å². The van der Waals surface area contributed by atoms with Gasteiger partial charge in [0, 0.05) is 11.3 Å². The molecule has 2 aromatic carbocycles. The van der Waals surface area contributed by atoms with Gasteiger partial charge in [0.2, 0.25) is 0 Å². The van der Waals surface area contributed by atoms with Gasteiger partial charge in [0.05, 0.1) is 6.54 Å². The highest BCUT2D eigenvalue weighted by Gasteiger charge is 2.53. The lowest BCUT2D eigenvalue weighted by molar-refractivity contribution is -0.656. The number of alkyl halides is 2. The van der Waals surface area contributed by atoms with Gasteiger partial charge in [-0.05, 0) is 61.0 Å². The fourth-order valence-corrected chi connectivity index (χ4v) is 4.88. The zero-order chi connectivity index (χ0) is 19.0. The number of aryl methyl sites for hydroxylation is 1. The number of para-hydroxylation sites is 1. The average molecular weight is 391 g/mol. The van der Waals surface area contributed by atoms with Crippen LogP contribution >= 0.6 is 11.8 Å². The van der Waals surface area contributed by atoms with Crippen LogP contribution in [0.3, 0.4) is 0 Å². The Morgan fingerprint density at radius 2 is 1.93 bits per heavy atom. The van der Waals surface area contributed by atoms with Gasteiger partial charge in [0.15, 0.2) is 6.54 Å². The molecular formula is C20H21F2N2O2S+. The minimum atomic E-state index is -2.86. The van der Waals surface area contributed by atoms with Crippen molar-refractivity contribution in [2.45, 2.75) is 25.7 Å². The van der Waals surface area contributed by atoms with Crippen LogP contribution in [0.2, 0.25) is 0 Å². The van der Waals surface area contributed by atoms with Crippen LogP contribution in [-0.4, -0.2) is 40.3 Å². The van der Waals surface area contributed by atoms with Crippen molar-refractivity contribution in [3.05, 3.63) is 59.7 Å². The first-order chi connectivity index (χ1) is 13.0. The number of hydrogen-bond acceptors (Lipinski definition) is 4. The van der Waals surface area contributed by atoms with Crippen LogP contribution in [0.4, 0.5) is 14.5 Å². The van der Waals surface area contributed by atoms with Crippen molar-refractivity contribution in [3.8, 4) is 5.75 Å². The number of ether oxygens (including phenoxy) is 1. The molecule has 1 atom stereocenters. The lowest BCUT2D eigenvalue weighted by Gasteiger charge is -2.24.